The van der Waals surface area contributed by atoms with Gasteiger partial charge in [-0.3, -0.25) is 4.68 Å². The van der Waals surface area contributed by atoms with Gasteiger partial charge in [0.15, 0.2) is 0 Å². The molecule has 0 bridgehead atoms. The van der Waals surface area contributed by atoms with Gasteiger partial charge in [-0.05, 0) is 18.2 Å². The first-order valence-corrected chi connectivity index (χ1v) is 7.53. The van der Waals surface area contributed by atoms with E-state index in [9.17, 15) is 0 Å². The number of furan rings is 1. The molecular weight excluding hydrogens is 288 g/mol. The first kappa shape index (κ1) is 13.6. The Labute approximate surface area is 133 Å². The number of aryl methyl sites for hydroxylation is 2. The minimum absolute atomic E-state index is 0.820. The second-order valence-electron chi connectivity index (χ2n) is 5.27. The maximum Gasteiger partial charge on any atom is 0.139 e. The van der Waals surface area contributed by atoms with Crippen molar-refractivity contribution in [2.45, 2.75) is 13.1 Å². The van der Waals surface area contributed by atoms with Gasteiger partial charge in [0.2, 0.25) is 0 Å². The third-order valence-electron chi connectivity index (χ3n) is 3.79. The molecule has 0 aliphatic rings. The molecule has 0 N–H and O–H groups in total. The lowest BCUT2D eigenvalue weighted by molar-refractivity contribution is 0.536. The van der Waals surface area contributed by atoms with E-state index in [1.54, 1.807) is 12.5 Å². The van der Waals surface area contributed by atoms with Crippen LogP contribution in [0.4, 0.5) is 0 Å². The van der Waals surface area contributed by atoms with Crippen molar-refractivity contribution in [3.8, 4) is 22.7 Å². The second-order valence-corrected chi connectivity index (χ2v) is 5.27. The Hall–Kier alpha value is -3.08. The zero-order valence-electron chi connectivity index (χ0n) is 12.5. The van der Waals surface area contributed by atoms with E-state index in [1.165, 1.54) is 0 Å². The van der Waals surface area contributed by atoms with E-state index >= 15 is 0 Å². The Balaban J connectivity index is 1.55. The molecule has 0 saturated heterocycles. The van der Waals surface area contributed by atoms with Crippen LogP contribution in [0.25, 0.3) is 22.7 Å². The summed E-state index contributed by atoms with van der Waals surface area (Å²) >= 11 is 0. The summed E-state index contributed by atoms with van der Waals surface area (Å²) in [5.41, 5.74) is 2.15. The molecule has 1 aromatic carbocycles. The number of hydrogen-bond acceptors (Lipinski definition) is 3. The molecule has 3 aromatic heterocycles. The van der Waals surface area contributed by atoms with E-state index in [0.29, 0.717) is 0 Å². The molecule has 4 rings (SSSR count). The van der Waals surface area contributed by atoms with Gasteiger partial charge in [0.1, 0.15) is 11.6 Å². The minimum Gasteiger partial charge on any atom is -0.464 e. The summed E-state index contributed by atoms with van der Waals surface area (Å²) in [6, 6.07) is 14.0. The number of benzene rings is 1. The summed E-state index contributed by atoms with van der Waals surface area (Å²) < 4.78 is 9.49. The maximum absolute atomic E-state index is 5.42. The van der Waals surface area contributed by atoms with Crippen LogP contribution >= 0.6 is 0 Å². The van der Waals surface area contributed by atoms with E-state index < -0.39 is 0 Å². The molecule has 3 heterocycles. The molecule has 0 spiro atoms. The van der Waals surface area contributed by atoms with Gasteiger partial charge in [-0.15, -0.1) is 0 Å². The Morgan fingerprint density at radius 2 is 1.74 bits per heavy atom. The van der Waals surface area contributed by atoms with Gasteiger partial charge in [-0.1, -0.05) is 24.3 Å². The smallest absolute Gasteiger partial charge is 0.139 e. The van der Waals surface area contributed by atoms with Crippen molar-refractivity contribution < 1.29 is 4.42 Å². The molecule has 5 nitrogen and oxygen atoms in total. The zero-order valence-corrected chi connectivity index (χ0v) is 12.5. The highest BCUT2D eigenvalue weighted by Gasteiger charge is 2.07. The molecule has 23 heavy (non-hydrogen) atoms. The topological polar surface area (TPSA) is 48.8 Å². The molecule has 0 atom stereocenters. The highest BCUT2D eigenvalue weighted by atomic mass is 16.3. The molecule has 0 amide bonds. The summed E-state index contributed by atoms with van der Waals surface area (Å²) in [5.74, 6) is 1.83. The van der Waals surface area contributed by atoms with Crippen LogP contribution in [-0.4, -0.2) is 19.3 Å². The molecule has 0 aliphatic heterocycles. The summed E-state index contributed by atoms with van der Waals surface area (Å²) in [6.45, 7) is 1.65. The van der Waals surface area contributed by atoms with Crippen LogP contribution in [0.1, 0.15) is 0 Å². The Kier molecular flexibility index (Phi) is 3.52. The summed E-state index contributed by atoms with van der Waals surface area (Å²) in [7, 11) is 0. The Morgan fingerprint density at radius 1 is 0.870 bits per heavy atom. The predicted molar refractivity (Wildman–Crippen MR) is 87.6 cm³/mol. The third kappa shape index (κ3) is 2.81. The van der Waals surface area contributed by atoms with Crippen LogP contribution in [0, 0.1) is 0 Å². The number of rotatable bonds is 5. The number of nitrogens with zero attached hydrogens (tertiary/aromatic N) is 4. The van der Waals surface area contributed by atoms with Crippen molar-refractivity contribution in [2.75, 3.05) is 0 Å². The number of hydrogen-bond donors (Lipinski definition) is 0. The highest BCUT2D eigenvalue weighted by molar-refractivity contribution is 5.64. The van der Waals surface area contributed by atoms with Gasteiger partial charge in [-0.2, -0.15) is 5.10 Å². The standard InChI is InChI=1S/C18H16N4O/c1-3-17(23-14-1)15-4-6-16(7-5-15)18-19-9-11-21(18)12-13-22-10-2-8-20-22/h1-11,14H,12-13H2. The van der Waals surface area contributed by atoms with Crippen LogP contribution in [-0.2, 0) is 13.1 Å². The molecule has 5 heteroatoms. The lowest BCUT2D eigenvalue weighted by Crippen LogP contribution is -2.08. The molecule has 114 valence electrons. The van der Waals surface area contributed by atoms with Crippen molar-refractivity contribution in [2.24, 2.45) is 0 Å². The zero-order chi connectivity index (χ0) is 15.5. The monoisotopic (exact) mass is 304 g/mol. The number of imidazole rings is 1. The Morgan fingerprint density at radius 3 is 2.48 bits per heavy atom. The van der Waals surface area contributed by atoms with E-state index in [1.807, 2.05) is 41.5 Å². The van der Waals surface area contributed by atoms with Crippen LogP contribution in [0.2, 0.25) is 0 Å². The summed E-state index contributed by atoms with van der Waals surface area (Å²) in [6.07, 6.45) is 9.28. The molecule has 4 aromatic rings. The van der Waals surface area contributed by atoms with Gasteiger partial charge in [0.25, 0.3) is 0 Å². The van der Waals surface area contributed by atoms with E-state index in [-0.39, 0.29) is 0 Å². The SMILES string of the molecule is c1coc(-c2ccc(-c3nccn3CCn3cccn3)cc2)c1. The maximum atomic E-state index is 5.42. The first-order valence-electron chi connectivity index (χ1n) is 7.53. The number of aromatic nitrogens is 4. The van der Waals surface area contributed by atoms with Gasteiger partial charge in [0, 0.05) is 42.5 Å². The van der Waals surface area contributed by atoms with Crippen molar-refractivity contribution in [1.82, 2.24) is 19.3 Å². The lowest BCUT2D eigenvalue weighted by atomic mass is 10.1. The fourth-order valence-corrected chi connectivity index (χ4v) is 2.62. The molecule has 0 saturated carbocycles. The summed E-state index contributed by atoms with van der Waals surface area (Å²) in [4.78, 5) is 4.49. The summed E-state index contributed by atoms with van der Waals surface area (Å²) in [5, 5.41) is 4.23. The quantitative estimate of drug-likeness (QED) is 0.565. The van der Waals surface area contributed by atoms with Crippen LogP contribution in [0.5, 0.6) is 0 Å². The highest BCUT2D eigenvalue weighted by Crippen LogP contribution is 2.24. The predicted octanol–water partition coefficient (Wildman–Crippen LogP) is 3.71. The Bertz CT molecular complexity index is 858. The normalized spacial score (nSPS) is 11.0. The van der Waals surface area contributed by atoms with E-state index in [4.69, 9.17) is 4.42 Å². The van der Waals surface area contributed by atoms with Gasteiger partial charge in [0.05, 0.1) is 12.8 Å². The fraction of sp³-hybridized carbons (Fsp3) is 0.111. The van der Waals surface area contributed by atoms with Crippen LogP contribution in [0.15, 0.2) is 77.9 Å². The molecule has 0 unspecified atom stereocenters. The van der Waals surface area contributed by atoms with E-state index in [2.05, 4.69) is 38.9 Å². The van der Waals surface area contributed by atoms with Crippen molar-refractivity contribution in [3.63, 3.8) is 0 Å². The molecular formula is C18H16N4O. The van der Waals surface area contributed by atoms with Gasteiger partial charge in [-0.25, -0.2) is 4.98 Å². The van der Waals surface area contributed by atoms with Crippen molar-refractivity contribution in [1.29, 1.82) is 0 Å². The van der Waals surface area contributed by atoms with Crippen LogP contribution in [0.3, 0.4) is 0 Å². The second kappa shape index (κ2) is 5.96. The third-order valence-corrected chi connectivity index (χ3v) is 3.79. The molecule has 0 fully saturated rings. The molecule has 0 aliphatic carbocycles. The molecule has 0 radical (unpaired) electrons. The van der Waals surface area contributed by atoms with E-state index in [0.717, 1.165) is 35.8 Å². The van der Waals surface area contributed by atoms with Gasteiger partial charge >= 0.3 is 0 Å². The first-order chi connectivity index (χ1) is 11.4. The minimum atomic E-state index is 0.820. The van der Waals surface area contributed by atoms with Crippen molar-refractivity contribution in [3.05, 3.63) is 73.5 Å². The van der Waals surface area contributed by atoms with Crippen LogP contribution < -0.4 is 0 Å². The fourth-order valence-electron chi connectivity index (χ4n) is 2.62. The largest absolute Gasteiger partial charge is 0.464 e. The average Bonchev–Trinajstić information content (AvgIpc) is 3.34. The van der Waals surface area contributed by atoms with Gasteiger partial charge < -0.3 is 8.98 Å². The van der Waals surface area contributed by atoms with Crippen molar-refractivity contribution >= 4 is 0 Å². The lowest BCUT2D eigenvalue weighted by Gasteiger charge is -2.08. The average molecular weight is 304 g/mol.